The second kappa shape index (κ2) is 5.52. The van der Waals surface area contributed by atoms with E-state index in [1.54, 1.807) is 0 Å². The minimum absolute atomic E-state index is 0. The molecule has 2 rings (SSSR count). The van der Waals surface area contributed by atoms with Crippen molar-refractivity contribution in [3.63, 3.8) is 0 Å². The van der Waals surface area contributed by atoms with Gasteiger partial charge in [-0.3, -0.25) is 0 Å². The van der Waals surface area contributed by atoms with Crippen molar-refractivity contribution in [1.82, 2.24) is 5.32 Å². The molecule has 1 aromatic heterocycles. The average molecular weight is 263 g/mol. The van der Waals surface area contributed by atoms with Gasteiger partial charge in [-0.2, -0.15) is 0 Å². The van der Waals surface area contributed by atoms with E-state index < -0.39 is 0 Å². The lowest BCUT2D eigenvalue weighted by Gasteiger charge is -2.02. The fraction of sp³-hybridized carbons (Fsp3) is 0.500. The number of halogens is 1. The maximum atomic E-state index is 11.6. The highest BCUT2D eigenvalue weighted by molar-refractivity contribution is 7.16. The standard InChI is InChI=1S/C10H14N2O2S.ClH/c1-14-10(13)8-6-2-4-12-5-3-7(6)15-9(8)11;/h12H,2-5,11H2,1H3;1H. The van der Waals surface area contributed by atoms with Gasteiger partial charge in [0, 0.05) is 4.88 Å². The molecule has 0 aliphatic carbocycles. The number of nitrogens with one attached hydrogen (secondary N) is 1. The molecule has 16 heavy (non-hydrogen) atoms. The van der Waals surface area contributed by atoms with Gasteiger partial charge in [-0.1, -0.05) is 0 Å². The molecule has 1 aromatic rings. The number of hydrogen-bond acceptors (Lipinski definition) is 5. The van der Waals surface area contributed by atoms with Crippen molar-refractivity contribution in [3.8, 4) is 0 Å². The fourth-order valence-electron chi connectivity index (χ4n) is 1.87. The maximum absolute atomic E-state index is 11.6. The molecule has 0 saturated heterocycles. The number of anilines is 1. The predicted octanol–water partition coefficient (Wildman–Crippen LogP) is 1.23. The van der Waals surface area contributed by atoms with Gasteiger partial charge in [-0.15, -0.1) is 23.7 Å². The van der Waals surface area contributed by atoms with E-state index in [1.807, 2.05) is 0 Å². The lowest BCUT2D eigenvalue weighted by Crippen LogP contribution is -2.17. The van der Waals surface area contributed by atoms with Crippen LogP contribution in [0.5, 0.6) is 0 Å². The highest BCUT2D eigenvalue weighted by atomic mass is 35.5. The number of fused-ring (bicyclic) bond motifs is 1. The Morgan fingerprint density at radius 3 is 2.81 bits per heavy atom. The summed E-state index contributed by atoms with van der Waals surface area (Å²) in [6.07, 6.45) is 1.80. The molecular weight excluding hydrogens is 248 g/mol. The predicted molar refractivity (Wildman–Crippen MR) is 67.6 cm³/mol. The largest absolute Gasteiger partial charge is 0.465 e. The first kappa shape index (κ1) is 13.3. The Morgan fingerprint density at radius 1 is 1.44 bits per heavy atom. The Kier molecular flexibility index (Phi) is 4.58. The van der Waals surface area contributed by atoms with Crippen molar-refractivity contribution in [1.29, 1.82) is 0 Å². The van der Waals surface area contributed by atoms with Crippen LogP contribution in [0.15, 0.2) is 0 Å². The van der Waals surface area contributed by atoms with Crippen LogP contribution >= 0.6 is 23.7 Å². The molecule has 1 aliphatic rings. The van der Waals surface area contributed by atoms with Gasteiger partial charge >= 0.3 is 5.97 Å². The van der Waals surface area contributed by atoms with E-state index >= 15 is 0 Å². The number of hydrogen-bond donors (Lipinski definition) is 2. The van der Waals surface area contributed by atoms with Crippen LogP contribution in [-0.4, -0.2) is 26.2 Å². The monoisotopic (exact) mass is 262 g/mol. The van der Waals surface area contributed by atoms with Gasteiger partial charge in [0.05, 0.1) is 12.7 Å². The Bertz CT molecular complexity index is 392. The Morgan fingerprint density at radius 2 is 2.12 bits per heavy atom. The number of methoxy groups -OCH3 is 1. The second-order valence-electron chi connectivity index (χ2n) is 3.48. The summed E-state index contributed by atoms with van der Waals surface area (Å²) in [7, 11) is 1.39. The van der Waals surface area contributed by atoms with E-state index in [9.17, 15) is 4.79 Å². The van der Waals surface area contributed by atoms with Crippen LogP contribution in [0.1, 0.15) is 20.8 Å². The first-order valence-corrected chi connectivity index (χ1v) is 5.74. The molecule has 0 spiro atoms. The summed E-state index contributed by atoms with van der Waals surface area (Å²) in [4.78, 5) is 12.8. The van der Waals surface area contributed by atoms with Crippen molar-refractivity contribution in [2.24, 2.45) is 0 Å². The summed E-state index contributed by atoms with van der Waals surface area (Å²) in [5.41, 5.74) is 7.51. The summed E-state index contributed by atoms with van der Waals surface area (Å²) in [6.45, 7) is 1.85. The Balaban J connectivity index is 0.00000128. The molecule has 0 aromatic carbocycles. The topological polar surface area (TPSA) is 64.3 Å². The highest BCUT2D eigenvalue weighted by Gasteiger charge is 2.23. The number of nitrogens with two attached hydrogens (primary N) is 1. The smallest absolute Gasteiger partial charge is 0.341 e. The molecule has 0 radical (unpaired) electrons. The highest BCUT2D eigenvalue weighted by Crippen LogP contribution is 2.33. The van der Waals surface area contributed by atoms with Gasteiger partial charge in [0.2, 0.25) is 0 Å². The van der Waals surface area contributed by atoms with E-state index in [1.165, 1.54) is 23.3 Å². The first-order chi connectivity index (χ1) is 7.24. The molecule has 1 aliphatic heterocycles. The van der Waals surface area contributed by atoms with Gasteiger partial charge in [0.1, 0.15) is 5.00 Å². The Hall–Kier alpha value is -0.780. The number of carbonyl (C=O) groups excluding carboxylic acids is 1. The molecule has 2 heterocycles. The normalized spacial score (nSPS) is 14.6. The summed E-state index contributed by atoms with van der Waals surface area (Å²) < 4.78 is 4.75. The van der Waals surface area contributed by atoms with E-state index in [-0.39, 0.29) is 18.4 Å². The van der Waals surface area contributed by atoms with Crippen molar-refractivity contribution in [2.45, 2.75) is 12.8 Å². The molecule has 0 amide bonds. The zero-order valence-electron chi connectivity index (χ0n) is 9.04. The molecule has 6 heteroatoms. The second-order valence-corrected chi connectivity index (χ2v) is 4.62. The molecule has 4 nitrogen and oxygen atoms in total. The van der Waals surface area contributed by atoms with Crippen LogP contribution in [0.25, 0.3) is 0 Å². The minimum Gasteiger partial charge on any atom is -0.465 e. The molecule has 0 fully saturated rings. The zero-order valence-corrected chi connectivity index (χ0v) is 10.7. The maximum Gasteiger partial charge on any atom is 0.341 e. The molecular formula is C10H15ClN2O2S. The number of rotatable bonds is 1. The van der Waals surface area contributed by atoms with E-state index in [0.29, 0.717) is 10.6 Å². The lowest BCUT2D eigenvalue weighted by molar-refractivity contribution is 0.0601. The summed E-state index contributed by atoms with van der Waals surface area (Å²) in [5.74, 6) is -0.313. The Labute approximate surface area is 105 Å². The van der Waals surface area contributed by atoms with Crippen LogP contribution in [0.4, 0.5) is 5.00 Å². The van der Waals surface area contributed by atoms with Crippen LogP contribution in [0, 0.1) is 0 Å². The summed E-state index contributed by atoms with van der Waals surface area (Å²) >= 11 is 1.51. The van der Waals surface area contributed by atoms with Gasteiger partial charge in [-0.05, 0) is 31.5 Å². The first-order valence-electron chi connectivity index (χ1n) is 4.93. The van der Waals surface area contributed by atoms with Gasteiger partial charge < -0.3 is 15.8 Å². The van der Waals surface area contributed by atoms with Crippen LogP contribution < -0.4 is 11.1 Å². The third kappa shape index (κ3) is 2.31. The summed E-state index contributed by atoms with van der Waals surface area (Å²) in [5, 5.41) is 3.89. The molecule has 0 bridgehead atoms. The average Bonchev–Trinajstić information content (AvgIpc) is 2.40. The van der Waals surface area contributed by atoms with Crippen molar-refractivity contribution >= 4 is 34.7 Å². The quantitative estimate of drug-likeness (QED) is 0.747. The molecule has 0 unspecified atom stereocenters. The van der Waals surface area contributed by atoms with Crippen molar-refractivity contribution in [3.05, 3.63) is 16.0 Å². The molecule has 90 valence electrons. The number of nitrogen functional groups attached to an aromatic ring is 1. The molecule has 3 N–H and O–H groups in total. The summed E-state index contributed by atoms with van der Waals surface area (Å²) in [6, 6.07) is 0. The number of carbonyl (C=O) groups is 1. The zero-order chi connectivity index (χ0) is 10.8. The van der Waals surface area contributed by atoms with E-state index in [0.717, 1.165) is 31.5 Å². The van der Waals surface area contributed by atoms with Gasteiger partial charge in [-0.25, -0.2) is 4.79 Å². The van der Waals surface area contributed by atoms with E-state index in [4.69, 9.17) is 10.5 Å². The number of thiophene rings is 1. The fourth-order valence-corrected chi connectivity index (χ4v) is 2.97. The van der Waals surface area contributed by atoms with Crippen molar-refractivity contribution < 1.29 is 9.53 Å². The molecule has 0 saturated carbocycles. The SMILES string of the molecule is COC(=O)c1c(N)sc2c1CCNCC2.Cl. The van der Waals surface area contributed by atoms with Gasteiger partial charge in [0.25, 0.3) is 0 Å². The van der Waals surface area contributed by atoms with Crippen LogP contribution in [0.2, 0.25) is 0 Å². The lowest BCUT2D eigenvalue weighted by atomic mass is 10.1. The van der Waals surface area contributed by atoms with Crippen LogP contribution in [0.3, 0.4) is 0 Å². The van der Waals surface area contributed by atoms with Gasteiger partial charge in [0.15, 0.2) is 0 Å². The van der Waals surface area contributed by atoms with E-state index in [2.05, 4.69) is 5.32 Å². The molecule has 0 atom stereocenters. The van der Waals surface area contributed by atoms with Crippen LogP contribution in [-0.2, 0) is 17.6 Å². The third-order valence-corrected chi connectivity index (χ3v) is 3.71. The van der Waals surface area contributed by atoms with Crippen molar-refractivity contribution in [2.75, 3.05) is 25.9 Å². The third-order valence-electron chi connectivity index (χ3n) is 2.59. The number of esters is 1. The minimum atomic E-state index is -0.313. The number of ether oxygens (including phenoxy) is 1.